The van der Waals surface area contributed by atoms with Crippen LogP contribution < -0.4 is 5.32 Å². The molecule has 0 radical (unpaired) electrons. The molecule has 3 N–H and O–H groups in total. The van der Waals surface area contributed by atoms with E-state index in [1.165, 1.54) is 6.20 Å². The van der Waals surface area contributed by atoms with Gasteiger partial charge in [-0.2, -0.15) is 0 Å². The molecule has 8 heteroatoms. The molecule has 0 unspecified atom stereocenters. The van der Waals surface area contributed by atoms with Crippen molar-refractivity contribution in [3.8, 4) is 18.1 Å². The van der Waals surface area contributed by atoms with E-state index in [4.69, 9.17) is 16.1 Å². The van der Waals surface area contributed by atoms with Crippen LogP contribution in [0.15, 0.2) is 10.7 Å². The van der Waals surface area contributed by atoms with E-state index in [1.54, 1.807) is 0 Å². The van der Waals surface area contributed by atoms with Gasteiger partial charge in [0.05, 0.1) is 5.39 Å². The first-order chi connectivity index (χ1) is 9.04. The van der Waals surface area contributed by atoms with Gasteiger partial charge in [0.15, 0.2) is 17.1 Å². The quantitative estimate of drug-likeness (QED) is 0.649. The monoisotopic (exact) mass is 261 g/mol. The van der Waals surface area contributed by atoms with Crippen molar-refractivity contribution in [3.05, 3.63) is 17.6 Å². The van der Waals surface area contributed by atoms with Gasteiger partial charge in [0.1, 0.15) is 6.54 Å². The number of nitrogens with zero attached hydrogens (tertiary/aromatic N) is 2. The van der Waals surface area contributed by atoms with Crippen LogP contribution in [0, 0.1) is 12.3 Å². The number of rotatable bonds is 3. The summed E-state index contributed by atoms with van der Waals surface area (Å²) in [4.78, 5) is 25.6. The van der Waals surface area contributed by atoms with Crippen molar-refractivity contribution in [2.75, 3.05) is 6.54 Å². The fraction of sp³-hybridized carbons (Fsp3) is 0.0909. The second kappa shape index (κ2) is 4.66. The largest absolute Gasteiger partial charge is 0.503 e. The molecule has 0 aliphatic heterocycles. The van der Waals surface area contributed by atoms with Crippen LogP contribution in [0.1, 0.15) is 16.2 Å². The maximum atomic E-state index is 11.6. The molecule has 96 valence electrons. The lowest BCUT2D eigenvalue weighted by atomic mass is 10.2. The summed E-state index contributed by atoms with van der Waals surface area (Å²) in [5.41, 5.74) is -0.299. The summed E-state index contributed by atoms with van der Waals surface area (Å²) in [6.07, 6.45) is 6.38. The number of hydrogen-bond acceptors (Lipinski definition) is 6. The van der Waals surface area contributed by atoms with Crippen LogP contribution in [0.5, 0.6) is 5.75 Å². The topological polar surface area (TPSA) is 126 Å². The number of pyridine rings is 1. The van der Waals surface area contributed by atoms with Crippen molar-refractivity contribution in [2.24, 2.45) is 0 Å². The third-order valence-corrected chi connectivity index (χ3v) is 2.24. The van der Waals surface area contributed by atoms with Crippen LogP contribution in [0.4, 0.5) is 0 Å². The van der Waals surface area contributed by atoms with E-state index in [0.29, 0.717) is 0 Å². The molecule has 0 aliphatic carbocycles. The molecule has 8 nitrogen and oxygen atoms in total. The van der Waals surface area contributed by atoms with Gasteiger partial charge in [0.25, 0.3) is 5.91 Å². The SMILES string of the molecule is C#Cc1noc2c(O)c(C(=O)NCC(=O)O)ncc12. The number of carboxylic acids is 1. The standard InChI is InChI=1S/C11H7N3O5/c1-2-6-5-3-12-8(9(17)10(5)19-14-6)11(18)13-4-7(15)16/h1,3,17H,4H2,(H,13,18)(H,15,16). The zero-order chi connectivity index (χ0) is 14.0. The molecule has 0 fully saturated rings. The summed E-state index contributed by atoms with van der Waals surface area (Å²) in [5, 5.41) is 24.1. The van der Waals surface area contributed by atoms with Crippen molar-refractivity contribution in [1.29, 1.82) is 0 Å². The van der Waals surface area contributed by atoms with E-state index in [-0.39, 0.29) is 22.4 Å². The Kier molecular flexibility index (Phi) is 3.03. The van der Waals surface area contributed by atoms with Crippen LogP contribution in [0.25, 0.3) is 11.0 Å². The van der Waals surface area contributed by atoms with Gasteiger partial charge in [0.2, 0.25) is 5.58 Å². The summed E-state index contributed by atoms with van der Waals surface area (Å²) in [5.74, 6) is -0.381. The Morgan fingerprint density at radius 1 is 1.53 bits per heavy atom. The first-order valence-corrected chi connectivity index (χ1v) is 4.98. The average Bonchev–Trinajstić information content (AvgIpc) is 2.80. The van der Waals surface area contributed by atoms with Crippen molar-refractivity contribution in [1.82, 2.24) is 15.5 Å². The van der Waals surface area contributed by atoms with E-state index < -0.39 is 24.2 Å². The predicted molar refractivity (Wildman–Crippen MR) is 61.4 cm³/mol. The van der Waals surface area contributed by atoms with E-state index in [9.17, 15) is 14.7 Å². The highest BCUT2D eigenvalue weighted by molar-refractivity contribution is 6.01. The molecule has 2 rings (SSSR count). The molecule has 0 saturated heterocycles. The van der Waals surface area contributed by atoms with Crippen LogP contribution in [-0.2, 0) is 4.79 Å². The molecule has 2 aromatic rings. The highest BCUT2D eigenvalue weighted by Gasteiger charge is 2.20. The summed E-state index contributed by atoms with van der Waals surface area (Å²) < 4.78 is 4.81. The van der Waals surface area contributed by atoms with Crippen molar-refractivity contribution < 1.29 is 24.3 Å². The number of aromatic hydroxyl groups is 1. The number of carbonyl (C=O) groups excluding carboxylic acids is 1. The Morgan fingerprint density at radius 3 is 2.89 bits per heavy atom. The minimum atomic E-state index is -1.22. The van der Waals surface area contributed by atoms with Gasteiger partial charge < -0.3 is 20.1 Å². The second-order valence-electron chi connectivity index (χ2n) is 3.45. The molecule has 0 aromatic carbocycles. The molecule has 0 saturated carbocycles. The number of amides is 1. The lowest BCUT2D eigenvalue weighted by molar-refractivity contribution is -0.135. The lowest BCUT2D eigenvalue weighted by Crippen LogP contribution is -2.29. The number of aliphatic carboxylic acids is 1. The number of nitrogens with one attached hydrogen (secondary N) is 1. The van der Waals surface area contributed by atoms with E-state index >= 15 is 0 Å². The minimum Gasteiger partial charge on any atom is -0.503 e. The van der Waals surface area contributed by atoms with E-state index in [1.807, 2.05) is 0 Å². The number of fused-ring (bicyclic) bond motifs is 1. The van der Waals surface area contributed by atoms with Crippen LogP contribution >= 0.6 is 0 Å². The number of carbonyl (C=O) groups is 2. The average molecular weight is 261 g/mol. The molecular formula is C11H7N3O5. The van der Waals surface area contributed by atoms with Gasteiger partial charge in [-0.3, -0.25) is 9.59 Å². The van der Waals surface area contributed by atoms with E-state index in [0.717, 1.165) is 0 Å². The van der Waals surface area contributed by atoms with Gasteiger partial charge in [-0.1, -0.05) is 5.16 Å². The lowest BCUT2D eigenvalue weighted by Gasteiger charge is -2.03. The van der Waals surface area contributed by atoms with Gasteiger partial charge in [-0.15, -0.1) is 6.42 Å². The van der Waals surface area contributed by atoms with Crippen molar-refractivity contribution in [3.63, 3.8) is 0 Å². The van der Waals surface area contributed by atoms with Crippen molar-refractivity contribution >= 4 is 22.8 Å². The Hall–Kier alpha value is -3.08. The van der Waals surface area contributed by atoms with Crippen LogP contribution in [0.3, 0.4) is 0 Å². The smallest absolute Gasteiger partial charge is 0.322 e. The van der Waals surface area contributed by atoms with Crippen LogP contribution in [0.2, 0.25) is 0 Å². The summed E-state index contributed by atoms with van der Waals surface area (Å²) in [6.45, 7) is -0.593. The van der Waals surface area contributed by atoms with Gasteiger partial charge in [-0.25, -0.2) is 4.98 Å². The number of terminal acetylenes is 1. The third-order valence-electron chi connectivity index (χ3n) is 2.24. The molecule has 0 spiro atoms. The summed E-state index contributed by atoms with van der Waals surface area (Å²) in [7, 11) is 0. The minimum absolute atomic E-state index is 0.0802. The Bertz CT molecular complexity index is 713. The van der Waals surface area contributed by atoms with Crippen molar-refractivity contribution in [2.45, 2.75) is 0 Å². The maximum Gasteiger partial charge on any atom is 0.322 e. The molecule has 0 atom stereocenters. The first-order valence-electron chi connectivity index (χ1n) is 4.98. The number of hydrogen-bond donors (Lipinski definition) is 3. The van der Waals surface area contributed by atoms with Gasteiger partial charge in [-0.05, 0) is 5.92 Å². The maximum absolute atomic E-state index is 11.6. The highest BCUT2D eigenvalue weighted by Crippen LogP contribution is 2.28. The normalized spacial score (nSPS) is 10.1. The van der Waals surface area contributed by atoms with Gasteiger partial charge >= 0.3 is 5.97 Å². The molecule has 2 heterocycles. The molecule has 1 amide bonds. The third kappa shape index (κ3) is 2.16. The summed E-state index contributed by atoms with van der Waals surface area (Å²) in [6, 6.07) is 0. The molecule has 0 bridgehead atoms. The number of carboxylic acid groups (broad SMARTS) is 1. The predicted octanol–water partition coefficient (Wildman–Crippen LogP) is -0.276. The number of aromatic nitrogens is 2. The summed E-state index contributed by atoms with van der Waals surface area (Å²) >= 11 is 0. The first kappa shape index (κ1) is 12.4. The zero-order valence-corrected chi connectivity index (χ0v) is 9.38. The van der Waals surface area contributed by atoms with E-state index in [2.05, 4.69) is 21.4 Å². The zero-order valence-electron chi connectivity index (χ0n) is 9.38. The molecule has 2 aromatic heterocycles. The molecule has 19 heavy (non-hydrogen) atoms. The fourth-order valence-electron chi connectivity index (χ4n) is 1.40. The van der Waals surface area contributed by atoms with Gasteiger partial charge in [0, 0.05) is 6.20 Å². The Morgan fingerprint density at radius 2 is 2.26 bits per heavy atom. The molecule has 0 aliphatic rings. The Labute approximate surface area is 106 Å². The second-order valence-corrected chi connectivity index (χ2v) is 3.45. The van der Waals surface area contributed by atoms with Crippen LogP contribution in [-0.4, -0.2) is 38.8 Å². The molecular weight excluding hydrogens is 254 g/mol. The Balaban J connectivity index is 2.41. The fourth-order valence-corrected chi connectivity index (χ4v) is 1.40. The highest BCUT2D eigenvalue weighted by atomic mass is 16.5.